The van der Waals surface area contributed by atoms with Crippen molar-refractivity contribution in [3.63, 3.8) is 0 Å². The first-order chi connectivity index (χ1) is 4.81. The molecular weight excluding hydrogens is 130 g/mol. The topological polar surface area (TPSA) is 38.3 Å². The summed E-state index contributed by atoms with van der Waals surface area (Å²) in [5.41, 5.74) is 0. The van der Waals surface area contributed by atoms with Crippen LogP contribution in [0.25, 0.3) is 0 Å². The van der Waals surface area contributed by atoms with Gasteiger partial charge in [-0.25, -0.2) is 4.79 Å². The largest absolute Gasteiger partial charge is 0.450 e. The van der Waals surface area contributed by atoms with Crippen LogP contribution in [-0.4, -0.2) is 19.2 Å². The molecule has 0 saturated carbocycles. The number of hydrogen-bond donors (Lipinski definition) is 1. The normalized spacial score (nSPS) is 9.80. The lowest BCUT2D eigenvalue weighted by Gasteiger charge is -2.00. The molecule has 0 spiro atoms. The molecule has 1 amide bonds. The average Bonchev–Trinajstić information content (AvgIpc) is 1.89. The molecule has 0 atom stereocenters. The molecule has 1 N–H and O–H groups in total. The number of allylic oxidation sites excluding steroid dienone is 1. The molecule has 0 aromatic heterocycles. The smallest absolute Gasteiger partial charge is 0.407 e. The summed E-state index contributed by atoms with van der Waals surface area (Å²) in [7, 11) is 0. The lowest BCUT2D eigenvalue weighted by Crippen LogP contribution is -2.23. The van der Waals surface area contributed by atoms with Crippen LogP contribution >= 0.6 is 0 Å². The van der Waals surface area contributed by atoms with Gasteiger partial charge in [-0.2, -0.15) is 0 Å². The lowest BCUT2D eigenvalue weighted by molar-refractivity contribution is 0.153. The fraction of sp³-hybridized carbons (Fsp3) is 0.571. The minimum atomic E-state index is -0.361. The highest BCUT2D eigenvalue weighted by molar-refractivity contribution is 5.67. The van der Waals surface area contributed by atoms with Crippen LogP contribution in [0, 0.1) is 0 Å². The van der Waals surface area contributed by atoms with E-state index in [0.29, 0.717) is 13.2 Å². The zero-order valence-corrected chi connectivity index (χ0v) is 6.39. The van der Waals surface area contributed by atoms with Crippen LogP contribution in [0.15, 0.2) is 12.2 Å². The minimum absolute atomic E-state index is 0.361. The molecule has 3 nitrogen and oxygen atoms in total. The van der Waals surface area contributed by atoms with E-state index in [9.17, 15) is 4.79 Å². The molecule has 0 rings (SSSR count). The van der Waals surface area contributed by atoms with Crippen LogP contribution < -0.4 is 5.32 Å². The fourth-order valence-electron chi connectivity index (χ4n) is 0.442. The summed E-state index contributed by atoms with van der Waals surface area (Å²) in [6, 6.07) is 0. The van der Waals surface area contributed by atoms with Crippen molar-refractivity contribution in [2.75, 3.05) is 13.2 Å². The predicted molar refractivity (Wildman–Crippen MR) is 39.8 cm³/mol. The average molecular weight is 143 g/mol. The number of rotatable bonds is 3. The second-order valence-electron chi connectivity index (χ2n) is 1.67. The van der Waals surface area contributed by atoms with Crippen LogP contribution in [0.3, 0.4) is 0 Å². The molecule has 0 aliphatic heterocycles. The summed E-state index contributed by atoms with van der Waals surface area (Å²) in [6.45, 7) is 4.62. The molecule has 0 radical (unpaired) electrons. The third-order valence-electron chi connectivity index (χ3n) is 0.875. The van der Waals surface area contributed by atoms with E-state index in [1.165, 1.54) is 0 Å². The predicted octanol–water partition coefficient (Wildman–Crippen LogP) is 1.31. The number of alkyl carbamates (subject to hydrolysis) is 1. The summed E-state index contributed by atoms with van der Waals surface area (Å²) in [5, 5.41) is 2.54. The van der Waals surface area contributed by atoms with Gasteiger partial charge < -0.3 is 10.1 Å². The van der Waals surface area contributed by atoms with Crippen molar-refractivity contribution in [3.05, 3.63) is 12.2 Å². The molecule has 3 heteroatoms. The SMILES string of the molecule is CC=CCNC(=O)OCC. The monoisotopic (exact) mass is 143 g/mol. The van der Waals surface area contributed by atoms with Gasteiger partial charge in [0.25, 0.3) is 0 Å². The number of nitrogens with one attached hydrogen (secondary N) is 1. The molecule has 0 aromatic rings. The van der Waals surface area contributed by atoms with Crippen molar-refractivity contribution in [1.29, 1.82) is 0 Å². The summed E-state index contributed by atoms with van der Waals surface area (Å²) in [5.74, 6) is 0. The van der Waals surface area contributed by atoms with Gasteiger partial charge in [0, 0.05) is 6.54 Å². The van der Waals surface area contributed by atoms with Gasteiger partial charge in [0.2, 0.25) is 0 Å². The van der Waals surface area contributed by atoms with Crippen LogP contribution in [0.1, 0.15) is 13.8 Å². The van der Waals surface area contributed by atoms with Gasteiger partial charge in [-0.15, -0.1) is 0 Å². The van der Waals surface area contributed by atoms with Crippen molar-refractivity contribution in [3.8, 4) is 0 Å². The Bertz CT molecular complexity index is 121. The molecule has 0 unspecified atom stereocenters. The number of carbonyl (C=O) groups is 1. The Hall–Kier alpha value is -0.990. The zero-order valence-electron chi connectivity index (χ0n) is 6.39. The van der Waals surface area contributed by atoms with Gasteiger partial charge in [-0.05, 0) is 13.8 Å². The van der Waals surface area contributed by atoms with Crippen molar-refractivity contribution >= 4 is 6.09 Å². The Morgan fingerprint density at radius 2 is 2.40 bits per heavy atom. The highest BCUT2D eigenvalue weighted by atomic mass is 16.5. The molecule has 0 heterocycles. The van der Waals surface area contributed by atoms with Crippen molar-refractivity contribution in [1.82, 2.24) is 5.32 Å². The van der Waals surface area contributed by atoms with E-state index in [0.717, 1.165) is 0 Å². The first-order valence-corrected chi connectivity index (χ1v) is 3.33. The van der Waals surface area contributed by atoms with E-state index in [1.54, 1.807) is 6.92 Å². The first kappa shape index (κ1) is 9.01. The number of ether oxygens (including phenoxy) is 1. The molecule has 0 aromatic carbocycles. The van der Waals surface area contributed by atoms with Gasteiger partial charge in [0.05, 0.1) is 6.61 Å². The Kier molecular flexibility index (Phi) is 5.53. The summed E-state index contributed by atoms with van der Waals surface area (Å²) < 4.78 is 4.60. The Morgan fingerprint density at radius 3 is 2.90 bits per heavy atom. The maximum Gasteiger partial charge on any atom is 0.407 e. The van der Waals surface area contributed by atoms with Crippen molar-refractivity contribution in [2.24, 2.45) is 0 Å². The second kappa shape index (κ2) is 6.13. The van der Waals surface area contributed by atoms with E-state index in [-0.39, 0.29) is 6.09 Å². The zero-order chi connectivity index (χ0) is 7.82. The first-order valence-electron chi connectivity index (χ1n) is 3.33. The number of amides is 1. The van der Waals surface area contributed by atoms with Crippen molar-refractivity contribution in [2.45, 2.75) is 13.8 Å². The third-order valence-corrected chi connectivity index (χ3v) is 0.875. The third kappa shape index (κ3) is 5.15. The number of hydrogen-bond acceptors (Lipinski definition) is 2. The van der Waals surface area contributed by atoms with Crippen LogP contribution in [-0.2, 0) is 4.74 Å². The summed E-state index contributed by atoms with van der Waals surface area (Å²) >= 11 is 0. The van der Waals surface area contributed by atoms with Gasteiger partial charge in [0.1, 0.15) is 0 Å². The quantitative estimate of drug-likeness (QED) is 0.605. The summed E-state index contributed by atoms with van der Waals surface area (Å²) in [6.07, 6.45) is 3.35. The van der Waals surface area contributed by atoms with Gasteiger partial charge >= 0.3 is 6.09 Å². The van der Waals surface area contributed by atoms with E-state index in [2.05, 4.69) is 10.1 Å². The van der Waals surface area contributed by atoms with E-state index < -0.39 is 0 Å². The molecule has 58 valence electrons. The van der Waals surface area contributed by atoms with Crippen LogP contribution in [0.5, 0.6) is 0 Å². The van der Waals surface area contributed by atoms with Crippen LogP contribution in [0.2, 0.25) is 0 Å². The maximum absolute atomic E-state index is 10.6. The van der Waals surface area contributed by atoms with Crippen LogP contribution in [0.4, 0.5) is 4.79 Å². The fourth-order valence-corrected chi connectivity index (χ4v) is 0.442. The minimum Gasteiger partial charge on any atom is -0.450 e. The van der Waals surface area contributed by atoms with Gasteiger partial charge in [0.15, 0.2) is 0 Å². The molecule has 0 aliphatic rings. The Labute approximate surface area is 61.1 Å². The standard InChI is InChI=1S/C7H13NO2/c1-3-5-6-8-7(9)10-4-2/h3,5H,4,6H2,1-2H3,(H,8,9). The highest BCUT2D eigenvalue weighted by Crippen LogP contribution is 1.75. The second-order valence-corrected chi connectivity index (χ2v) is 1.67. The lowest BCUT2D eigenvalue weighted by atomic mass is 10.5. The molecular formula is C7H13NO2. The van der Waals surface area contributed by atoms with E-state index >= 15 is 0 Å². The van der Waals surface area contributed by atoms with E-state index in [4.69, 9.17) is 0 Å². The highest BCUT2D eigenvalue weighted by Gasteiger charge is 1.94. The summed E-state index contributed by atoms with van der Waals surface area (Å²) in [4.78, 5) is 10.6. The molecule has 0 saturated heterocycles. The molecule has 0 fully saturated rings. The Morgan fingerprint density at radius 1 is 1.70 bits per heavy atom. The molecule has 10 heavy (non-hydrogen) atoms. The van der Waals surface area contributed by atoms with Gasteiger partial charge in [-0.1, -0.05) is 12.2 Å². The molecule has 0 bridgehead atoms. The number of carbonyl (C=O) groups excluding carboxylic acids is 1. The van der Waals surface area contributed by atoms with Gasteiger partial charge in [-0.3, -0.25) is 0 Å². The van der Waals surface area contributed by atoms with E-state index in [1.807, 2.05) is 19.1 Å². The molecule has 0 aliphatic carbocycles. The maximum atomic E-state index is 10.6. The van der Waals surface area contributed by atoms with Crippen molar-refractivity contribution < 1.29 is 9.53 Å². The Balaban J connectivity index is 3.21.